The highest BCUT2D eigenvalue weighted by Gasteiger charge is 2.48. The zero-order chi connectivity index (χ0) is 16.8. The SMILES string of the molecule is Cc1cc(C(=O)N2CCC([C@@]3(C)NC(=O)NC3=O)CC2)sc1C. The Morgan fingerprint density at radius 3 is 2.43 bits per heavy atom. The molecular weight excluding hydrogens is 314 g/mol. The third-order valence-electron chi connectivity index (χ3n) is 5.05. The number of nitrogens with one attached hydrogen (secondary N) is 2. The summed E-state index contributed by atoms with van der Waals surface area (Å²) in [5.74, 6) is -0.156. The molecular formula is C16H21N3O3S. The van der Waals surface area contributed by atoms with Gasteiger partial charge in [-0.15, -0.1) is 11.3 Å². The van der Waals surface area contributed by atoms with E-state index in [0.717, 1.165) is 10.4 Å². The van der Waals surface area contributed by atoms with E-state index in [-0.39, 0.29) is 17.7 Å². The summed E-state index contributed by atoms with van der Waals surface area (Å²) in [5, 5.41) is 5.04. The van der Waals surface area contributed by atoms with Gasteiger partial charge in [-0.2, -0.15) is 0 Å². The number of amides is 4. The fourth-order valence-electron chi connectivity index (χ4n) is 3.34. The molecule has 0 spiro atoms. The number of likely N-dealkylation sites (tertiary alicyclic amines) is 1. The quantitative estimate of drug-likeness (QED) is 0.809. The molecule has 2 N–H and O–H groups in total. The van der Waals surface area contributed by atoms with E-state index in [1.165, 1.54) is 16.2 Å². The number of carbonyl (C=O) groups is 3. The van der Waals surface area contributed by atoms with Gasteiger partial charge in [0.2, 0.25) is 0 Å². The molecule has 1 atom stereocenters. The lowest BCUT2D eigenvalue weighted by Gasteiger charge is -2.38. The third kappa shape index (κ3) is 2.73. The van der Waals surface area contributed by atoms with Gasteiger partial charge in [-0.25, -0.2) is 4.79 Å². The van der Waals surface area contributed by atoms with E-state index in [4.69, 9.17) is 0 Å². The molecule has 0 saturated carbocycles. The van der Waals surface area contributed by atoms with Crippen LogP contribution in [0.1, 0.15) is 39.9 Å². The summed E-state index contributed by atoms with van der Waals surface area (Å²) in [5.41, 5.74) is 0.286. The first kappa shape index (κ1) is 16.0. The predicted molar refractivity (Wildman–Crippen MR) is 87.5 cm³/mol. The highest BCUT2D eigenvalue weighted by molar-refractivity contribution is 7.14. The Labute approximate surface area is 139 Å². The van der Waals surface area contributed by atoms with Gasteiger partial charge in [0.05, 0.1) is 4.88 Å². The fourth-order valence-corrected chi connectivity index (χ4v) is 4.34. The van der Waals surface area contributed by atoms with Crippen molar-refractivity contribution >= 4 is 29.2 Å². The van der Waals surface area contributed by atoms with Gasteiger partial charge in [0.25, 0.3) is 11.8 Å². The molecule has 1 aromatic rings. The van der Waals surface area contributed by atoms with Crippen molar-refractivity contribution < 1.29 is 14.4 Å². The van der Waals surface area contributed by atoms with Crippen molar-refractivity contribution in [2.24, 2.45) is 5.92 Å². The average Bonchev–Trinajstić information content (AvgIpc) is 2.98. The van der Waals surface area contributed by atoms with E-state index in [1.54, 1.807) is 6.92 Å². The number of nitrogens with zero attached hydrogens (tertiary/aromatic N) is 1. The summed E-state index contributed by atoms with van der Waals surface area (Å²) in [6.45, 7) is 7.01. The lowest BCUT2D eigenvalue weighted by Crippen LogP contribution is -2.54. The molecule has 0 aliphatic carbocycles. The minimum Gasteiger partial charge on any atom is -0.338 e. The maximum atomic E-state index is 12.6. The molecule has 0 bridgehead atoms. The highest BCUT2D eigenvalue weighted by atomic mass is 32.1. The smallest absolute Gasteiger partial charge is 0.322 e. The second kappa shape index (κ2) is 5.63. The Bertz CT molecular complexity index is 657. The van der Waals surface area contributed by atoms with Crippen LogP contribution in [0.2, 0.25) is 0 Å². The van der Waals surface area contributed by atoms with Crippen LogP contribution in [-0.4, -0.2) is 41.4 Å². The fraction of sp³-hybridized carbons (Fsp3) is 0.562. The van der Waals surface area contributed by atoms with Gasteiger partial charge in [0, 0.05) is 18.0 Å². The zero-order valence-electron chi connectivity index (χ0n) is 13.6. The highest BCUT2D eigenvalue weighted by Crippen LogP contribution is 2.32. The molecule has 4 amide bonds. The molecule has 2 aliphatic rings. The van der Waals surface area contributed by atoms with Crippen molar-refractivity contribution in [2.75, 3.05) is 13.1 Å². The Kier molecular flexibility index (Phi) is 3.91. The largest absolute Gasteiger partial charge is 0.338 e. The van der Waals surface area contributed by atoms with Crippen molar-refractivity contribution in [3.8, 4) is 0 Å². The predicted octanol–water partition coefficient (Wildman–Crippen LogP) is 1.82. The normalized spacial score (nSPS) is 25.4. The van der Waals surface area contributed by atoms with E-state index in [0.29, 0.717) is 25.9 Å². The van der Waals surface area contributed by atoms with Crippen molar-refractivity contribution in [1.82, 2.24) is 15.5 Å². The Hall–Kier alpha value is -1.89. The Morgan fingerprint density at radius 1 is 1.30 bits per heavy atom. The number of thiophene rings is 1. The number of rotatable bonds is 2. The monoisotopic (exact) mass is 335 g/mol. The molecule has 0 unspecified atom stereocenters. The van der Waals surface area contributed by atoms with Crippen molar-refractivity contribution in [3.05, 3.63) is 21.4 Å². The maximum Gasteiger partial charge on any atom is 0.322 e. The minimum absolute atomic E-state index is 0.0461. The first-order valence-corrected chi connectivity index (χ1v) is 8.63. The maximum absolute atomic E-state index is 12.6. The van der Waals surface area contributed by atoms with Crippen LogP contribution in [0, 0.1) is 19.8 Å². The van der Waals surface area contributed by atoms with Crippen LogP contribution in [0.5, 0.6) is 0 Å². The molecule has 2 aliphatic heterocycles. The molecule has 6 nitrogen and oxygen atoms in total. The molecule has 2 saturated heterocycles. The van der Waals surface area contributed by atoms with Crippen molar-refractivity contribution in [3.63, 3.8) is 0 Å². The van der Waals surface area contributed by atoms with Crippen LogP contribution >= 0.6 is 11.3 Å². The molecule has 7 heteroatoms. The second-order valence-electron chi connectivity index (χ2n) is 6.53. The van der Waals surface area contributed by atoms with Crippen LogP contribution < -0.4 is 10.6 Å². The summed E-state index contributed by atoms with van der Waals surface area (Å²) in [7, 11) is 0. The summed E-state index contributed by atoms with van der Waals surface area (Å²) in [4.78, 5) is 39.8. The number of hydrogen-bond donors (Lipinski definition) is 2. The van der Waals surface area contributed by atoms with Crippen molar-refractivity contribution in [2.45, 2.75) is 39.2 Å². The molecule has 23 heavy (non-hydrogen) atoms. The van der Waals surface area contributed by atoms with E-state index in [1.807, 2.05) is 24.8 Å². The van der Waals surface area contributed by atoms with E-state index in [2.05, 4.69) is 10.6 Å². The van der Waals surface area contributed by atoms with Gasteiger partial charge < -0.3 is 10.2 Å². The molecule has 124 valence electrons. The number of hydrogen-bond acceptors (Lipinski definition) is 4. The Morgan fingerprint density at radius 2 is 1.96 bits per heavy atom. The van der Waals surface area contributed by atoms with Gasteiger partial charge in [0.15, 0.2) is 0 Å². The summed E-state index contributed by atoms with van der Waals surface area (Å²) < 4.78 is 0. The average molecular weight is 335 g/mol. The standard InChI is InChI=1S/C16H21N3O3S/c1-9-8-12(23-10(9)2)13(20)19-6-4-11(5-7-19)16(3)14(21)17-15(22)18-16/h8,11H,4-7H2,1-3H3,(H2,17,18,21,22)/t16-/m1/s1. The molecule has 0 aromatic carbocycles. The van der Waals surface area contributed by atoms with E-state index in [9.17, 15) is 14.4 Å². The molecule has 0 radical (unpaired) electrons. The number of carbonyl (C=O) groups excluding carboxylic acids is 3. The van der Waals surface area contributed by atoms with Crippen LogP contribution in [0.15, 0.2) is 6.07 Å². The molecule has 3 rings (SSSR count). The zero-order valence-corrected chi connectivity index (χ0v) is 14.4. The topological polar surface area (TPSA) is 78.5 Å². The van der Waals surface area contributed by atoms with Gasteiger partial charge in [-0.3, -0.25) is 14.9 Å². The second-order valence-corrected chi connectivity index (χ2v) is 7.78. The van der Waals surface area contributed by atoms with Crippen LogP contribution in [0.4, 0.5) is 4.79 Å². The van der Waals surface area contributed by atoms with Gasteiger partial charge >= 0.3 is 6.03 Å². The number of aryl methyl sites for hydroxylation is 2. The third-order valence-corrected chi connectivity index (χ3v) is 6.19. The first-order chi connectivity index (χ1) is 10.8. The molecule has 3 heterocycles. The van der Waals surface area contributed by atoms with Crippen molar-refractivity contribution in [1.29, 1.82) is 0 Å². The summed E-state index contributed by atoms with van der Waals surface area (Å²) in [6.07, 6.45) is 1.42. The van der Waals surface area contributed by atoms with Gasteiger partial charge in [-0.05, 0) is 51.2 Å². The van der Waals surface area contributed by atoms with Crippen LogP contribution in [0.25, 0.3) is 0 Å². The first-order valence-electron chi connectivity index (χ1n) is 7.81. The summed E-state index contributed by atoms with van der Waals surface area (Å²) >= 11 is 1.53. The Balaban J connectivity index is 1.65. The van der Waals surface area contributed by atoms with Gasteiger partial charge in [0.1, 0.15) is 5.54 Å². The minimum atomic E-state index is -0.859. The summed E-state index contributed by atoms with van der Waals surface area (Å²) in [6, 6.07) is 1.51. The number of imide groups is 1. The van der Waals surface area contributed by atoms with Crippen LogP contribution in [-0.2, 0) is 4.79 Å². The lowest BCUT2D eigenvalue weighted by atomic mass is 9.79. The lowest BCUT2D eigenvalue weighted by molar-refractivity contribution is -0.125. The number of urea groups is 1. The van der Waals surface area contributed by atoms with E-state index < -0.39 is 11.6 Å². The van der Waals surface area contributed by atoms with Crippen LogP contribution in [0.3, 0.4) is 0 Å². The van der Waals surface area contributed by atoms with Gasteiger partial charge in [-0.1, -0.05) is 0 Å². The molecule has 1 aromatic heterocycles. The molecule has 2 fully saturated rings. The van der Waals surface area contributed by atoms with E-state index >= 15 is 0 Å². The number of piperidine rings is 1.